The van der Waals surface area contributed by atoms with Gasteiger partial charge in [0.05, 0.1) is 17.1 Å². The van der Waals surface area contributed by atoms with Crippen molar-refractivity contribution in [2.24, 2.45) is 0 Å². The van der Waals surface area contributed by atoms with E-state index in [4.69, 9.17) is 9.68 Å². The van der Waals surface area contributed by atoms with Crippen LogP contribution in [0.25, 0.3) is 22.3 Å². The molecule has 0 aliphatic rings. The van der Waals surface area contributed by atoms with E-state index in [0.717, 1.165) is 11.1 Å². The lowest BCUT2D eigenvalue weighted by molar-refractivity contribution is 0.0691. The number of carbonyl (C=O) groups is 1. The van der Waals surface area contributed by atoms with E-state index >= 15 is 0 Å². The predicted molar refractivity (Wildman–Crippen MR) is 125 cm³/mol. The maximum atomic E-state index is 13.2. The molecule has 0 saturated heterocycles. The van der Waals surface area contributed by atoms with E-state index in [9.17, 15) is 14.7 Å². The van der Waals surface area contributed by atoms with Crippen molar-refractivity contribution < 1.29 is 14.3 Å². The van der Waals surface area contributed by atoms with Crippen LogP contribution in [0.1, 0.15) is 45.8 Å². The number of nitrogens with one attached hydrogen (secondary N) is 1. The van der Waals surface area contributed by atoms with Gasteiger partial charge < -0.3 is 14.8 Å². The summed E-state index contributed by atoms with van der Waals surface area (Å²) >= 11 is 0. The van der Waals surface area contributed by atoms with Gasteiger partial charge >= 0.3 is 5.97 Å². The first-order valence-corrected chi connectivity index (χ1v) is 10.3. The lowest BCUT2D eigenvalue weighted by Crippen LogP contribution is -2.15. The molecule has 2 heterocycles. The molecule has 0 aliphatic carbocycles. The molecule has 7 heteroatoms. The van der Waals surface area contributed by atoms with Crippen LogP contribution in [-0.4, -0.2) is 16.1 Å². The topological polar surface area (TPSA) is 116 Å². The highest BCUT2D eigenvalue weighted by atomic mass is 16.4. The number of aromatic nitrogens is 1. The van der Waals surface area contributed by atoms with Crippen LogP contribution in [0, 0.1) is 25.2 Å². The van der Waals surface area contributed by atoms with Crippen molar-refractivity contribution in [2.45, 2.75) is 26.8 Å². The second-order valence-electron chi connectivity index (χ2n) is 7.86. The fourth-order valence-corrected chi connectivity index (χ4v) is 3.87. The molecule has 4 rings (SSSR count). The number of anilines is 1. The molecular formula is C26H21N3O4. The minimum Gasteiger partial charge on any atom is -0.476 e. The lowest BCUT2D eigenvalue weighted by atomic mass is 9.98. The van der Waals surface area contributed by atoms with Crippen LogP contribution in [0.15, 0.2) is 63.8 Å². The largest absolute Gasteiger partial charge is 0.476 e. The Morgan fingerprint density at radius 1 is 1.15 bits per heavy atom. The van der Waals surface area contributed by atoms with Gasteiger partial charge in [-0.25, -0.2) is 9.78 Å². The average molecular weight is 439 g/mol. The molecule has 0 amide bonds. The van der Waals surface area contributed by atoms with E-state index in [2.05, 4.69) is 10.3 Å². The molecule has 0 unspecified atom stereocenters. The minimum atomic E-state index is -1.25. The number of carboxylic acids is 1. The van der Waals surface area contributed by atoms with Gasteiger partial charge in [0.2, 0.25) is 0 Å². The molecule has 1 atom stereocenters. The highest BCUT2D eigenvalue weighted by Gasteiger charge is 2.21. The van der Waals surface area contributed by atoms with E-state index in [1.54, 1.807) is 13.0 Å². The Labute approximate surface area is 190 Å². The number of hydrogen-bond acceptors (Lipinski definition) is 6. The van der Waals surface area contributed by atoms with Gasteiger partial charge in [0.25, 0.3) is 0 Å². The third kappa shape index (κ3) is 4.06. The van der Waals surface area contributed by atoms with E-state index in [1.807, 2.05) is 56.3 Å². The van der Waals surface area contributed by atoms with Crippen molar-refractivity contribution in [3.05, 3.63) is 92.9 Å². The number of nitriles is 1. The molecule has 0 radical (unpaired) electrons. The Morgan fingerprint density at radius 3 is 2.55 bits per heavy atom. The summed E-state index contributed by atoms with van der Waals surface area (Å²) in [6.45, 7) is 5.49. The van der Waals surface area contributed by atoms with Crippen LogP contribution in [0.4, 0.5) is 5.69 Å². The van der Waals surface area contributed by atoms with Gasteiger partial charge in [-0.1, -0.05) is 36.4 Å². The van der Waals surface area contributed by atoms with Gasteiger partial charge in [-0.3, -0.25) is 4.79 Å². The minimum absolute atomic E-state index is 0.0144. The number of rotatable bonds is 5. The molecule has 2 N–H and O–H groups in total. The summed E-state index contributed by atoms with van der Waals surface area (Å²) in [5.41, 5.74) is 3.26. The summed E-state index contributed by atoms with van der Waals surface area (Å²) in [5.74, 6) is -0.749. The number of benzene rings is 2. The molecule has 0 fully saturated rings. The second kappa shape index (κ2) is 8.60. The molecule has 33 heavy (non-hydrogen) atoms. The number of aryl methyl sites for hydroxylation is 1. The first-order chi connectivity index (χ1) is 15.8. The Kier molecular flexibility index (Phi) is 5.67. The normalized spacial score (nSPS) is 11.7. The number of pyridine rings is 1. The monoisotopic (exact) mass is 439 g/mol. The molecule has 2 aromatic heterocycles. The zero-order chi connectivity index (χ0) is 23.7. The fourth-order valence-electron chi connectivity index (χ4n) is 3.87. The molecule has 7 nitrogen and oxygen atoms in total. The van der Waals surface area contributed by atoms with E-state index in [0.29, 0.717) is 27.9 Å². The number of aromatic carboxylic acids is 1. The van der Waals surface area contributed by atoms with Gasteiger partial charge in [0.15, 0.2) is 11.1 Å². The third-order valence-corrected chi connectivity index (χ3v) is 5.48. The summed E-state index contributed by atoms with van der Waals surface area (Å²) in [5, 5.41) is 22.2. The maximum absolute atomic E-state index is 13.2. The van der Waals surface area contributed by atoms with Crippen molar-refractivity contribution in [3.8, 4) is 17.4 Å². The van der Waals surface area contributed by atoms with Crippen molar-refractivity contribution in [3.63, 3.8) is 0 Å². The van der Waals surface area contributed by atoms with Gasteiger partial charge in [-0.05, 0) is 44.5 Å². The number of nitrogens with zero attached hydrogens (tertiary/aromatic N) is 2. The third-order valence-electron chi connectivity index (χ3n) is 5.48. The molecule has 0 bridgehead atoms. The number of carboxylic acid groups (broad SMARTS) is 1. The smallest absolute Gasteiger partial charge is 0.356 e. The van der Waals surface area contributed by atoms with Gasteiger partial charge in [-0.15, -0.1) is 0 Å². The Hall–Kier alpha value is -4.44. The predicted octanol–water partition coefficient (Wildman–Crippen LogP) is 5.21. The first kappa shape index (κ1) is 21.8. The van der Waals surface area contributed by atoms with Gasteiger partial charge in [0, 0.05) is 16.7 Å². The number of hydrogen-bond donors (Lipinski definition) is 2. The standard InChI is InChI=1S/C26H21N3O4/c1-14-11-19(16(3)28-21-10-9-18(13-27)29-22(21)26(31)32)25-20(12-14)23(30)15(2)24(33-25)17-7-5-4-6-8-17/h4-12,16,28H,1-3H3,(H,31,32)/t16-/m1/s1. The second-order valence-corrected chi connectivity index (χ2v) is 7.86. The maximum Gasteiger partial charge on any atom is 0.356 e. The quantitative estimate of drug-likeness (QED) is 0.438. The van der Waals surface area contributed by atoms with Crippen LogP contribution >= 0.6 is 0 Å². The van der Waals surface area contributed by atoms with Crippen molar-refractivity contribution in [2.75, 3.05) is 5.32 Å². The Morgan fingerprint density at radius 2 is 1.88 bits per heavy atom. The summed E-state index contributed by atoms with van der Waals surface area (Å²) in [4.78, 5) is 28.8. The van der Waals surface area contributed by atoms with Crippen molar-refractivity contribution >= 4 is 22.6 Å². The van der Waals surface area contributed by atoms with Crippen LogP contribution in [0.3, 0.4) is 0 Å². The molecule has 0 spiro atoms. The molecule has 164 valence electrons. The number of fused-ring (bicyclic) bond motifs is 1. The lowest BCUT2D eigenvalue weighted by Gasteiger charge is -2.19. The molecule has 4 aromatic rings. The highest BCUT2D eigenvalue weighted by Crippen LogP contribution is 2.32. The molecule has 0 aliphatic heterocycles. The summed E-state index contributed by atoms with van der Waals surface area (Å²) < 4.78 is 6.30. The van der Waals surface area contributed by atoms with Gasteiger partial charge in [-0.2, -0.15) is 5.26 Å². The highest BCUT2D eigenvalue weighted by molar-refractivity contribution is 5.92. The van der Waals surface area contributed by atoms with Gasteiger partial charge in [0.1, 0.15) is 23.1 Å². The zero-order valence-corrected chi connectivity index (χ0v) is 18.3. The van der Waals surface area contributed by atoms with Crippen LogP contribution in [0.2, 0.25) is 0 Å². The summed E-state index contributed by atoms with van der Waals surface area (Å²) in [7, 11) is 0. The van der Waals surface area contributed by atoms with Crippen LogP contribution in [-0.2, 0) is 0 Å². The first-order valence-electron chi connectivity index (χ1n) is 10.3. The Balaban J connectivity index is 1.88. The summed E-state index contributed by atoms with van der Waals surface area (Å²) in [6, 6.07) is 17.5. The van der Waals surface area contributed by atoms with E-state index in [-0.39, 0.29) is 22.5 Å². The zero-order valence-electron chi connectivity index (χ0n) is 18.3. The van der Waals surface area contributed by atoms with Crippen molar-refractivity contribution in [1.29, 1.82) is 5.26 Å². The fraction of sp³-hybridized carbons (Fsp3) is 0.154. The Bertz CT molecular complexity index is 1480. The van der Waals surface area contributed by atoms with Crippen molar-refractivity contribution in [1.82, 2.24) is 4.98 Å². The molecular weight excluding hydrogens is 418 g/mol. The summed E-state index contributed by atoms with van der Waals surface area (Å²) in [6.07, 6.45) is 0. The van der Waals surface area contributed by atoms with E-state index < -0.39 is 12.0 Å². The SMILES string of the molecule is Cc1cc([C@@H](C)Nc2ccc(C#N)nc2C(=O)O)c2oc(-c3ccccc3)c(C)c(=O)c2c1. The van der Waals surface area contributed by atoms with Crippen LogP contribution in [0.5, 0.6) is 0 Å². The average Bonchev–Trinajstić information content (AvgIpc) is 2.81. The molecule has 2 aromatic carbocycles. The van der Waals surface area contributed by atoms with E-state index in [1.165, 1.54) is 12.1 Å². The molecule has 0 saturated carbocycles. The van der Waals surface area contributed by atoms with Crippen LogP contribution < -0.4 is 10.7 Å².